The molecule has 0 aliphatic carbocycles. The van der Waals surface area contributed by atoms with Gasteiger partial charge in [0.25, 0.3) is 0 Å². The molecule has 0 bridgehead atoms. The predicted molar refractivity (Wildman–Crippen MR) is 82.8 cm³/mol. The number of hydrogen-bond acceptors (Lipinski definition) is 3. The van der Waals surface area contributed by atoms with Crippen molar-refractivity contribution >= 4 is 16.8 Å². The SMILES string of the molecule is NC1CCN(CCc2ccccc2)C(CCC(=O)Cl)C1. The number of halogens is 1. The Morgan fingerprint density at radius 3 is 2.80 bits per heavy atom. The zero-order valence-corrected chi connectivity index (χ0v) is 12.6. The molecule has 110 valence electrons. The third-order valence-electron chi connectivity index (χ3n) is 4.08. The van der Waals surface area contributed by atoms with Crippen molar-refractivity contribution in [1.82, 2.24) is 4.90 Å². The van der Waals surface area contributed by atoms with E-state index in [2.05, 4.69) is 29.2 Å². The molecular formula is C16H23ClN2O. The quantitative estimate of drug-likeness (QED) is 0.820. The lowest BCUT2D eigenvalue weighted by molar-refractivity contribution is -0.112. The number of benzene rings is 1. The summed E-state index contributed by atoms with van der Waals surface area (Å²) in [4.78, 5) is 13.4. The van der Waals surface area contributed by atoms with Gasteiger partial charge in [0.15, 0.2) is 0 Å². The van der Waals surface area contributed by atoms with Gasteiger partial charge in [-0.15, -0.1) is 0 Å². The molecule has 1 saturated heterocycles. The molecule has 4 heteroatoms. The van der Waals surface area contributed by atoms with Gasteiger partial charge in [0, 0.05) is 25.0 Å². The highest BCUT2D eigenvalue weighted by Crippen LogP contribution is 2.21. The van der Waals surface area contributed by atoms with Crippen LogP contribution in [0.25, 0.3) is 0 Å². The second-order valence-electron chi connectivity index (χ2n) is 5.60. The van der Waals surface area contributed by atoms with Crippen molar-refractivity contribution in [2.75, 3.05) is 13.1 Å². The number of carbonyl (C=O) groups excluding carboxylic acids is 1. The van der Waals surface area contributed by atoms with Crippen LogP contribution in [0, 0.1) is 0 Å². The second kappa shape index (κ2) is 7.77. The highest BCUT2D eigenvalue weighted by atomic mass is 35.5. The van der Waals surface area contributed by atoms with Crippen LogP contribution in [0.1, 0.15) is 31.2 Å². The maximum Gasteiger partial charge on any atom is 0.221 e. The smallest absolute Gasteiger partial charge is 0.221 e. The molecule has 1 heterocycles. The Bertz CT molecular complexity index is 424. The van der Waals surface area contributed by atoms with E-state index in [4.69, 9.17) is 17.3 Å². The van der Waals surface area contributed by atoms with Gasteiger partial charge in [0.05, 0.1) is 0 Å². The molecule has 1 fully saturated rings. The van der Waals surface area contributed by atoms with Gasteiger partial charge in [-0.2, -0.15) is 0 Å². The van der Waals surface area contributed by atoms with Gasteiger partial charge in [0.1, 0.15) is 0 Å². The molecule has 0 aromatic heterocycles. The predicted octanol–water partition coefficient (Wildman–Crippen LogP) is 2.57. The highest BCUT2D eigenvalue weighted by Gasteiger charge is 2.26. The monoisotopic (exact) mass is 294 g/mol. The molecule has 2 N–H and O–H groups in total. The van der Waals surface area contributed by atoms with E-state index in [9.17, 15) is 4.79 Å². The van der Waals surface area contributed by atoms with Crippen LogP contribution < -0.4 is 5.73 Å². The maximum atomic E-state index is 11.0. The summed E-state index contributed by atoms with van der Waals surface area (Å²) >= 11 is 5.47. The fraction of sp³-hybridized carbons (Fsp3) is 0.562. The first-order valence-corrected chi connectivity index (χ1v) is 7.75. The highest BCUT2D eigenvalue weighted by molar-refractivity contribution is 6.63. The fourth-order valence-electron chi connectivity index (χ4n) is 2.92. The molecule has 1 aliphatic rings. The van der Waals surface area contributed by atoms with Gasteiger partial charge in [-0.3, -0.25) is 9.69 Å². The van der Waals surface area contributed by atoms with Crippen molar-refractivity contribution < 1.29 is 4.79 Å². The minimum atomic E-state index is -0.243. The van der Waals surface area contributed by atoms with Crippen molar-refractivity contribution in [3.05, 3.63) is 35.9 Å². The third-order valence-corrected chi connectivity index (χ3v) is 4.27. The summed E-state index contributed by atoms with van der Waals surface area (Å²) in [6, 6.07) is 11.2. The van der Waals surface area contributed by atoms with Gasteiger partial charge in [-0.1, -0.05) is 30.3 Å². The lowest BCUT2D eigenvalue weighted by Crippen LogP contribution is -2.47. The van der Waals surface area contributed by atoms with E-state index < -0.39 is 0 Å². The number of rotatable bonds is 6. The van der Waals surface area contributed by atoms with Crippen LogP contribution in [0.2, 0.25) is 0 Å². The first kappa shape index (κ1) is 15.5. The number of nitrogens with zero attached hydrogens (tertiary/aromatic N) is 1. The van der Waals surface area contributed by atoms with E-state index in [0.29, 0.717) is 12.5 Å². The summed E-state index contributed by atoms with van der Waals surface area (Å²) in [5.41, 5.74) is 7.41. The number of nitrogens with two attached hydrogens (primary N) is 1. The Kier molecular flexibility index (Phi) is 6.02. The third kappa shape index (κ3) is 4.89. The average molecular weight is 295 g/mol. The van der Waals surface area contributed by atoms with Crippen molar-refractivity contribution in [2.24, 2.45) is 5.73 Å². The number of piperidine rings is 1. The van der Waals surface area contributed by atoms with Gasteiger partial charge in [-0.25, -0.2) is 0 Å². The zero-order valence-electron chi connectivity index (χ0n) is 11.8. The molecule has 1 aromatic rings. The minimum absolute atomic E-state index is 0.243. The molecule has 2 unspecified atom stereocenters. The Morgan fingerprint density at radius 1 is 1.35 bits per heavy atom. The zero-order chi connectivity index (χ0) is 14.4. The van der Waals surface area contributed by atoms with Crippen LogP contribution in [-0.4, -0.2) is 35.3 Å². The van der Waals surface area contributed by atoms with Crippen LogP contribution in [0.15, 0.2) is 30.3 Å². The van der Waals surface area contributed by atoms with E-state index in [1.54, 1.807) is 0 Å². The Morgan fingerprint density at radius 2 is 2.10 bits per heavy atom. The first-order valence-electron chi connectivity index (χ1n) is 7.37. The van der Waals surface area contributed by atoms with Gasteiger partial charge < -0.3 is 5.73 Å². The molecule has 20 heavy (non-hydrogen) atoms. The van der Waals surface area contributed by atoms with Gasteiger partial charge in [0.2, 0.25) is 5.24 Å². The summed E-state index contributed by atoms with van der Waals surface area (Å²) in [7, 11) is 0. The standard InChI is InChI=1S/C16H23ClN2O/c17-16(20)7-6-15-12-14(18)9-11-19(15)10-8-13-4-2-1-3-5-13/h1-5,14-15H,6-12,18H2. The average Bonchev–Trinajstić information content (AvgIpc) is 2.45. The second-order valence-corrected chi connectivity index (χ2v) is 6.03. The van der Waals surface area contributed by atoms with Crippen molar-refractivity contribution in [3.8, 4) is 0 Å². The number of carbonyl (C=O) groups is 1. The molecule has 1 aliphatic heterocycles. The van der Waals surface area contributed by atoms with E-state index in [1.807, 2.05) is 6.07 Å². The first-order chi connectivity index (χ1) is 9.65. The lowest BCUT2D eigenvalue weighted by Gasteiger charge is -2.38. The van der Waals surface area contributed by atoms with E-state index in [-0.39, 0.29) is 11.3 Å². The largest absolute Gasteiger partial charge is 0.328 e. The van der Waals surface area contributed by atoms with E-state index in [1.165, 1.54) is 5.56 Å². The van der Waals surface area contributed by atoms with Gasteiger partial charge in [-0.05, 0) is 49.4 Å². The molecule has 0 amide bonds. The van der Waals surface area contributed by atoms with Crippen molar-refractivity contribution in [3.63, 3.8) is 0 Å². The fourth-order valence-corrected chi connectivity index (χ4v) is 3.03. The molecule has 1 aromatic carbocycles. The van der Waals surface area contributed by atoms with Crippen LogP contribution in [0.5, 0.6) is 0 Å². The molecule has 0 saturated carbocycles. The number of likely N-dealkylation sites (tertiary alicyclic amines) is 1. The molecular weight excluding hydrogens is 272 g/mol. The van der Waals surface area contributed by atoms with E-state index >= 15 is 0 Å². The molecule has 0 spiro atoms. The van der Waals surface area contributed by atoms with Crippen LogP contribution >= 0.6 is 11.6 Å². The van der Waals surface area contributed by atoms with E-state index in [0.717, 1.165) is 38.8 Å². The Hall–Kier alpha value is -0.900. The van der Waals surface area contributed by atoms with Crippen LogP contribution in [0.3, 0.4) is 0 Å². The molecule has 3 nitrogen and oxygen atoms in total. The van der Waals surface area contributed by atoms with Gasteiger partial charge >= 0.3 is 0 Å². The lowest BCUT2D eigenvalue weighted by atomic mass is 9.94. The Balaban J connectivity index is 1.87. The summed E-state index contributed by atoms with van der Waals surface area (Å²) in [6.45, 7) is 2.05. The minimum Gasteiger partial charge on any atom is -0.328 e. The summed E-state index contributed by atoms with van der Waals surface area (Å²) in [5.74, 6) is 0. The van der Waals surface area contributed by atoms with Crippen LogP contribution in [0.4, 0.5) is 0 Å². The van der Waals surface area contributed by atoms with Crippen LogP contribution in [-0.2, 0) is 11.2 Å². The molecule has 2 atom stereocenters. The number of hydrogen-bond donors (Lipinski definition) is 1. The van der Waals surface area contributed by atoms with Crippen molar-refractivity contribution in [2.45, 2.75) is 44.2 Å². The summed E-state index contributed by atoms with van der Waals surface area (Å²) in [5, 5.41) is -0.243. The van der Waals surface area contributed by atoms with Crippen molar-refractivity contribution in [1.29, 1.82) is 0 Å². The topological polar surface area (TPSA) is 46.3 Å². The summed E-state index contributed by atoms with van der Waals surface area (Å²) < 4.78 is 0. The molecule has 0 radical (unpaired) electrons. The maximum absolute atomic E-state index is 11.0. The molecule has 2 rings (SSSR count). The Labute approximate surface area is 126 Å². The summed E-state index contributed by atoms with van der Waals surface area (Å²) in [6.07, 6.45) is 4.33. The normalized spacial score (nSPS) is 23.7.